The fourth-order valence-electron chi connectivity index (χ4n) is 3.09. The number of hydrogen-bond donors (Lipinski definition) is 1. The van der Waals surface area contributed by atoms with E-state index < -0.39 is 0 Å². The number of carbonyl (C=O) groups excluding carboxylic acids is 1. The molecule has 0 aromatic carbocycles. The fraction of sp³-hybridized carbons (Fsp3) is 0.278. The number of nitrogens with one attached hydrogen (secondary N) is 1. The lowest BCUT2D eigenvalue weighted by Crippen LogP contribution is -2.41. The van der Waals surface area contributed by atoms with Crippen LogP contribution < -0.4 is 10.2 Å². The minimum Gasteiger partial charge on any atom is -0.354 e. The van der Waals surface area contributed by atoms with Gasteiger partial charge in [0, 0.05) is 36.2 Å². The molecular weight excluding hydrogens is 410 g/mol. The van der Waals surface area contributed by atoms with Crippen molar-refractivity contribution in [1.82, 2.24) is 24.7 Å². The van der Waals surface area contributed by atoms with Gasteiger partial charge in [0.15, 0.2) is 5.82 Å². The van der Waals surface area contributed by atoms with Crippen LogP contribution in [0.5, 0.6) is 0 Å². The maximum atomic E-state index is 12.6. The average Bonchev–Trinajstić information content (AvgIpc) is 3.25. The van der Waals surface area contributed by atoms with Crippen LogP contribution in [-0.2, 0) is 4.79 Å². The number of aromatic nitrogens is 5. The van der Waals surface area contributed by atoms with Gasteiger partial charge in [-0.15, -0.1) is 0 Å². The van der Waals surface area contributed by atoms with Gasteiger partial charge in [-0.3, -0.25) is 9.78 Å². The van der Waals surface area contributed by atoms with E-state index in [4.69, 9.17) is 0 Å². The van der Waals surface area contributed by atoms with Crippen molar-refractivity contribution in [2.45, 2.75) is 12.8 Å². The van der Waals surface area contributed by atoms with Crippen molar-refractivity contribution < 1.29 is 4.79 Å². The average molecular weight is 428 g/mol. The lowest BCUT2D eigenvalue weighted by atomic mass is 9.97. The molecule has 3 aromatic heterocycles. The predicted octanol–water partition coefficient (Wildman–Crippen LogP) is 2.67. The van der Waals surface area contributed by atoms with Gasteiger partial charge in [0.05, 0.1) is 18.3 Å². The maximum Gasteiger partial charge on any atom is 0.230 e. The van der Waals surface area contributed by atoms with E-state index in [1.807, 2.05) is 18.3 Å². The highest BCUT2D eigenvalue weighted by atomic mass is 79.9. The number of amides is 1. The second-order valence-corrected chi connectivity index (χ2v) is 7.24. The molecule has 1 atom stereocenters. The van der Waals surface area contributed by atoms with Gasteiger partial charge in [-0.25, -0.2) is 14.6 Å². The Hall–Kier alpha value is -2.81. The number of carbonyl (C=O) groups is 1. The van der Waals surface area contributed by atoms with Crippen LogP contribution in [0, 0.1) is 5.92 Å². The van der Waals surface area contributed by atoms with Crippen LogP contribution in [0.4, 0.5) is 11.6 Å². The molecule has 0 spiro atoms. The molecule has 8 nitrogen and oxygen atoms in total. The normalized spacial score (nSPS) is 16.9. The SMILES string of the molecule is O=C(Nc1ccc(Br)cn1)C1CCCN(c2cncc(-n3cccn3)n2)C1. The van der Waals surface area contributed by atoms with Crippen LogP contribution in [0.15, 0.2) is 53.7 Å². The zero-order chi connectivity index (χ0) is 18.6. The highest BCUT2D eigenvalue weighted by molar-refractivity contribution is 9.10. The third-order valence-corrected chi connectivity index (χ3v) is 4.91. The van der Waals surface area contributed by atoms with Crippen molar-refractivity contribution in [3.8, 4) is 5.82 Å². The predicted molar refractivity (Wildman–Crippen MR) is 105 cm³/mol. The van der Waals surface area contributed by atoms with Crippen LogP contribution in [-0.4, -0.2) is 43.7 Å². The first-order chi connectivity index (χ1) is 13.2. The summed E-state index contributed by atoms with van der Waals surface area (Å²) in [4.78, 5) is 27.9. The Morgan fingerprint density at radius 3 is 2.89 bits per heavy atom. The van der Waals surface area contributed by atoms with Gasteiger partial charge in [-0.05, 0) is 47.0 Å². The van der Waals surface area contributed by atoms with Crippen molar-refractivity contribution >= 4 is 33.5 Å². The number of nitrogens with zero attached hydrogens (tertiary/aromatic N) is 6. The highest BCUT2D eigenvalue weighted by Crippen LogP contribution is 2.23. The molecule has 3 aromatic rings. The zero-order valence-electron chi connectivity index (χ0n) is 14.5. The summed E-state index contributed by atoms with van der Waals surface area (Å²) in [6.07, 6.45) is 10.3. The van der Waals surface area contributed by atoms with E-state index in [0.29, 0.717) is 18.2 Å². The summed E-state index contributed by atoms with van der Waals surface area (Å²) in [7, 11) is 0. The van der Waals surface area contributed by atoms with Gasteiger partial charge in [-0.1, -0.05) is 0 Å². The van der Waals surface area contributed by atoms with Gasteiger partial charge in [-0.2, -0.15) is 5.10 Å². The van der Waals surface area contributed by atoms with E-state index in [2.05, 4.69) is 46.2 Å². The lowest BCUT2D eigenvalue weighted by Gasteiger charge is -2.32. The molecule has 1 aliphatic heterocycles. The number of piperidine rings is 1. The van der Waals surface area contributed by atoms with Crippen molar-refractivity contribution in [1.29, 1.82) is 0 Å². The van der Waals surface area contributed by atoms with Gasteiger partial charge in [0.2, 0.25) is 5.91 Å². The topological polar surface area (TPSA) is 88.8 Å². The second kappa shape index (κ2) is 7.83. The molecule has 1 unspecified atom stereocenters. The largest absolute Gasteiger partial charge is 0.354 e. The summed E-state index contributed by atoms with van der Waals surface area (Å²) in [6, 6.07) is 5.47. The summed E-state index contributed by atoms with van der Waals surface area (Å²) >= 11 is 3.34. The molecule has 0 radical (unpaired) electrons. The van der Waals surface area contributed by atoms with Crippen LogP contribution in [0.1, 0.15) is 12.8 Å². The summed E-state index contributed by atoms with van der Waals surface area (Å²) < 4.78 is 2.55. The first-order valence-corrected chi connectivity index (χ1v) is 9.48. The van der Waals surface area contributed by atoms with E-state index in [9.17, 15) is 4.79 Å². The van der Waals surface area contributed by atoms with Crippen molar-refractivity contribution in [2.75, 3.05) is 23.3 Å². The number of anilines is 2. The number of halogens is 1. The first-order valence-electron chi connectivity index (χ1n) is 8.68. The van der Waals surface area contributed by atoms with E-state index in [1.165, 1.54) is 0 Å². The molecule has 1 fully saturated rings. The fourth-order valence-corrected chi connectivity index (χ4v) is 3.32. The molecule has 1 N–H and O–H groups in total. The number of hydrogen-bond acceptors (Lipinski definition) is 6. The van der Waals surface area contributed by atoms with Gasteiger partial charge < -0.3 is 10.2 Å². The van der Waals surface area contributed by atoms with Crippen LogP contribution in [0.25, 0.3) is 5.82 Å². The number of rotatable bonds is 4. The summed E-state index contributed by atoms with van der Waals surface area (Å²) in [5, 5.41) is 7.09. The van der Waals surface area contributed by atoms with Crippen LogP contribution in [0.3, 0.4) is 0 Å². The van der Waals surface area contributed by atoms with E-state index >= 15 is 0 Å². The molecule has 0 bridgehead atoms. The Morgan fingerprint density at radius 2 is 2.11 bits per heavy atom. The molecule has 9 heteroatoms. The van der Waals surface area contributed by atoms with Crippen molar-refractivity contribution in [2.24, 2.45) is 5.92 Å². The van der Waals surface area contributed by atoms with Crippen molar-refractivity contribution in [3.05, 3.63) is 53.7 Å². The zero-order valence-corrected chi connectivity index (χ0v) is 16.1. The molecule has 1 amide bonds. The van der Waals surface area contributed by atoms with E-state index in [-0.39, 0.29) is 11.8 Å². The Morgan fingerprint density at radius 1 is 1.22 bits per heavy atom. The molecule has 1 aliphatic rings. The Kier molecular flexibility index (Phi) is 5.10. The first kappa shape index (κ1) is 17.6. The molecule has 0 aliphatic carbocycles. The lowest BCUT2D eigenvalue weighted by molar-refractivity contribution is -0.120. The summed E-state index contributed by atoms with van der Waals surface area (Å²) in [5.74, 6) is 1.82. The summed E-state index contributed by atoms with van der Waals surface area (Å²) in [6.45, 7) is 1.44. The standard InChI is InChI=1S/C18H18BrN7O/c19-14-4-5-15(21-9-14)23-18(27)13-3-1-7-25(12-13)16-10-20-11-17(24-16)26-8-2-6-22-26/h2,4-6,8-11,13H,1,3,7,12H2,(H,21,23,27). The van der Waals surface area contributed by atoms with Gasteiger partial charge in [0.1, 0.15) is 11.6 Å². The van der Waals surface area contributed by atoms with Gasteiger partial charge >= 0.3 is 0 Å². The highest BCUT2D eigenvalue weighted by Gasteiger charge is 2.27. The van der Waals surface area contributed by atoms with E-state index in [1.54, 1.807) is 35.5 Å². The molecule has 4 rings (SSSR count). The molecule has 0 saturated carbocycles. The third-order valence-electron chi connectivity index (χ3n) is 4.44. The third kappa shape index (κ3) is 4.13. The summed E-state index contributed by atoms with van der Waals surface area (Å²) in [5.41, 5.74) is 0. The monoisotopic (exact) mass is 427 g/mol. The Bertz CT molecular complexity index is 914. The molecule has 1 saturated heterocycles. The van der Waals surface area contributed by atoms with E-state index in [0.717, 1.165) is 29.7 Å². The molecule has 4 heterocycles. The second-order valence-electron chi connectivity index (χ2n) is 6.32. The Labute approximate surface area is 164 Å². The van der Waals surface area contributed by atoms with Crippen LogP contribution >= 0.6 is 15.9 Å². The number of pyridine rings is 1. The Balaban J connectivity index is 1.45. The molecule has 27 heavy (non-hydrogen) atoms. The van der Waals surface area contributed by atoms with Crippen molar-refractivity contribution in [3.63, 3.8) is 0 Å². The van der Waals surface area contributed by atoms with Crippen LogP contribution in [0.2, 0.25) is 0 Å². The minimum atomic E-state index is -0.126. The molecule has 138 valence electrons. The van der Waals surface area contributed by atoms with Gasteiger partial charge in [0.25, 0.3) is 0 Å². The quantitative estimate of drug-likeness (QED) is 0.688. The molecular formula is C18H18BrN7O. The minimum absolute atomic E-state index is 0.0225. The maximum absolute atomic E-state index is 12.6. The smallest absolute Gasteiger partial charge is 0.230 e.